The van der Waals surface area contributed by atoms with Crippen LogP contribution >= 0.6 is 34.5 Å². The van der Waals surface area contributed by atoms with Crippen molar-refractivity contribution in [1.82, 2.24) is 29.8 Å². The van der Waals surface area contributed by atoms with Crippen molar-refractivity contribution >= 4 is 45.5 Å². The second-order valence-electron chi connectivity index (χ2n) is 5.43. The molecule has 0 atom stereocenters. The van der Waals surface area contributed by atoms with E-state index in [-0.39, 0.29) is 0 Å². The van der Waals surface area contributed by atoms with Crippen LogP contribution in [0.25, 0.3) is 0 Å². The smallest absolute Gasteiger partial charge is 0.211 e. The Morgan fingerprint density at radius 2 is 1.81 bits per heavy atom. The van der Waals surface area contributed by atoms with Crippen LogP contribution in [0.5, 0.6) is 0 Å². The van der Waals surface area contributed by atoms with Gasteiger partial charge in [-0.05, 0) is 18.2 Å². The monoisotopic (exact) mass is 405 g/mol. The summed E-state index contributed by atoms with van der Waals surface area (Å²) < 4.78 is 3.56. The van der Waals surface area contributed by atoms with E-state index in [9.17, 15) is 0 Å². The Hall–Kier alpha value is -2.42. The van der Waals surface area contributed by atoms with Crippen LogP contribution in [0, 0.1) is 0 Å². The second-order valence-corrected chi connectivity index (χ2v) is 7.30. The van der Waals surface area contributed by atoms with Gasteiger partial charge in [-0.15, -0.1) is 10.2 Å². The maximum Gasteiger partial charge on any atom is 0.211 e. The first-order valence-corrected chi connectivity index (χ1v) is 9.28. The molecular formula is C16H13Cl2N7S. The average Bonchev–Trinajstić information content (AvgIpc) is 3.35. The maximum atomic E-state index is 6.21. The quantitative estimate of drug-likeness (QED) is 0.523. The van der Waals surface area contributed by atoms with Crippen LogP contribution in [0.1, 0.15) is 10.6 Å². The number of halogens is 2. The van der Waals surface area contributed by atoms with Gasteiger partial charge in [0.1, 0.15) is 5.01 Å². The zero-order chi connectivity index (χ0) is 17.9. The highest BCUT2D eigenvalue weighted by molar-refractivity contribution is 7.15. The molecule has 4 aromatic rings. The summed E-state index contributed by atoms with van der Waals surface area (Å²) in [6.45, 7) is 1.08. The van der Waals surface area contributed by atoms with Gasteiger partial charge in [-0.3, -0.25) is 9.36 Å². The summed E-state index contributed by atoms with van der Waals surface area (Å²) in [4.78, 5) is 0. The van der Waals surface area contributed by atoms with Crippen molar-refractivity contribution in [2.24, 2.45) is 0 Å². The van der Waals surface area contributed by atoms with Crippen LogP contribution in [0.15, 0.2) is 48.9 Å². The SMILES string of the molecule is Clc1cccc(Cl)c1Cn1ccc(Nc2nnc(Cn3cccn3)s2)n1. The highest BCUT2D eigenvalue weighted by Crippen LogP contribution is 2.25. The summed E-state index contributed by atoms with van der Waals surface area (Å²) in [5.41, 5.74) is 0.836. The van der Waals surface area contributed by atoms with Crippen LogP contribution in [0.3, 0.4) is 0 Å². The fourth-order valence-electron chi connectivity index (χ4n) is 2.37. The molecule has 0 saturated heterocycles. The van der Waals surface area contributed by atoms with Gasteiger partial charge in [-0.2, -0.15) is 10.2 Å². The number of anilines is 2. The standard InChI is InChI=1S/C16H13Cl2N7S/c17-12-3-1-4-13(18)11(12)9-25-8-5-14(23-25)20-16-22-21-15(26-16)10-24-7-2-6-19-24/h1-8H,9-10H2,(H,20,22,23). The molecule has 3 aromatic heterocycles. The molecule has 0 radical (unpaired) electrons. The number of benzene rings is 1. The summed E-state index contributed by atoms with van der Waals surface area (Å²) in [6.07, 6.45) is 5.47. The number of rotatable bonds is 6. The van der Waals surface area contributed by atoms with Gasteiger partial charge >= 0.3 is 0 Å². The van der Waals surface area contributed by atoms with Crippen molar-refractivity contribution < 1.29 is 0 Å². The Bertz CT molecular complexity index is 989. The molecule has 0 fully saturated rings. The molecule has 0 aliphatic heterocycles. The van der Waals surface area contributed by atoms with E-state index in [0.717, 1.165) is 10.6 Å². The summed E-state index contributed by atoms with van der Waals surface area (Å²) in [5.74, 6) is 0.676. The lowest BCUT2D eigenvalue weighted by Gasteiger charge is -2.06. The highest BCUT2D eigenvalue weighted by atomic mass is 35.5. The predicted molar refractivity (Wildman–Crippen MR) is 102 cm³/mol. The fourth-order valence-corrected chi connectivity index (χ4v) is 3.63. The zero-order valence-electron chi connectivity index (χ0n) is 13.4. The molecule has 7 nitrogen and oxygen atoms in total. The molecule has 0 amide bonds. The first-order valence-electron chi connectivity index (χ1n) is 7.70. The van der Waals surface area contributed by atoms with Gasteiger partial charge in [0.15, 0.2) is 5.82 Å². The van der Waals surface area contributed by atoms with E-state index in [4.69, 9.17) is 23.2 Å². The Morgan fingerprint density at radius 3 is 2.58 bits per heavy atom. The topological polar surface area (TPSA) is 73.5 Å². The van der Waals surface area contributed by atoms with Crippen LogP contribution in [0.4, 0.5) is 10.9 Å². The molecule has 3 heterocycles. The largest absolute Gasteiger partial charge is 0.313 e. The Balaban J connectivity index is 1.43. The van der Waals surface area contributed by atoms with Crippen molar-refractivity contribution in [2.45, 2.75) is 13.1 Å². The van der Waals surface area contributed by atoms with Crippen molar-refractivity contribution in [3.8, 4) is 0 Å². The van der Waals surface area contributed by atoms with E-state index in [1.807, 2.05) is 42.7 Å². The number of nitrogens with zero attached hydrogens (tertiary/aromatic N) is 6. The van der Waals surface area contributed by atoms with E-state index in [2.05, 4.69) is 25.7 Å². The zero-order valence-corrected chi connectivity index (χ0v) is 15.7. The molecular weight excluding hydrogens is 393 g/mol. The number of hydrogen-bond acceptors (Lipinski definition) is 6. The Kier molecular flexibility index (Phi) is 4.87. The van der Waals surface area contributed by atoms with Gasteiger partial charge in [0.2, 0.25) is 5.13 Å². The van der Waals surface area contributed by atoms with Crippen molar-refractivity contribution in [2.75, 3.05) is 5.32 Å². The lowest BCUT2D eigenvalue weighted by atomic mass is 10.2. The van der Waals surface area contributed by atoms with E-state index in [0.29, 0.717) is 34.1 Å². The van der Waals surface area contributed by atoms with Crippen molar-refractivity contribution in [3.63, 3.8) is 0 Å². The maximum absolute atomic E-state index is 6.21. The third-order valence-electron chi connectivity index (χ3n) is 3.58. The van der Waals surface area contributed by atoms with Gasteiger partial charge in [0.05, 0.1) is 13.1 Å². The molecule has 0 saturated carbocycles. The summed E-state index contributed by atoms with van der Waals surface area (Å²) in [7, 11) is 0. The van der Waals surface area contributed by atoms with Gasteiger partial charge in [-0.1, -0.05) is 40.6 Å². The lowest BCUT2D eigenvalue weighted by Crippen LogP contribution is -2.02. The van der Waals surface area contributed by atoms with Crippen molar-refractivity contribution in [1.29, 1.82) is 0 Å². The summed E-state index contributed by atoms with van der Waals surface area (Å²) in [5, 5.41) is 22.9. The molecule has 10 heteroatoms. The molecule has 1 N–H and O–H groups in total. The van der Waals surface area contributed by atoms with Crippen molar-refractivity contribution in [3.05, 3.63) is 69.5 Å². The third kappa shape index (κ3) is 3.87. The molecule has 0 spiro atoms. The van der Waals surface area contributed by atoms with Gasteiger partial charge in [0.25, 0.3) is 0 Å². The van der Waals surface area contributed by atoms with Gasteiger partial charge in [0, 0.05) is 40.3 Å². The number of aromatic nitrogens is 6. The number of hydrogen-bond donors (Lipinski definition) is 1. The molecule has 26 heavy (non-hydrogen) atoms. The van der Waals surface area contributed by atoms with Crippen LogP contribution in [-0.4, -0.2) is 29.8 Å². The van der Waals surface area contributed by atoms with Gasteiger partial charge in [-0.25, -0.2) is 0 Å². The molecule has 0 aliphatic rings. The normalized spacial score (nSPS) is 11.0. The Labute approximate surface area is 163 Å². The summed E-state index contributed by atoms with van der Waals surface area (Å²) in [6, 6.07) is 9.18. The first-order chi connectivity index (χ1) is 12.7. The van der Waals surface area contributed by atoms with E-state index in [1.165, 1.54) is 11.3 Å². The minimum atomic E-state index is 0.487. The van der Waals surface area contributed by atoms with Crippen LogP contribution < -0.4 is 5.32 Å². The van der Waals surface area contributed by atoms with Gasteiger partial charge < -0.3 is 5.32 Å². The molecule has 0 bridgehead atoms. The minimum absolute atomic E-state index is 0.487. The Morgan fingerprint density at radius 1 is 0.962 bits per heavy atom. The van der Waals surface area contributed by atoms with Crippen LogP contribution in [0.2, 0.25) is 10.0 Å². The lowest BCUT2D eigenvalue weighted by molar-refractivity contribution is 0.677. The predicted octanol–water partition coefficient (Wildman–Crippen LogP) is 4.08. The fraction of sp³-hybridized carbons (Fsp3) is 0.125. The highest BCUT2D eigenvalue weighted by Gasteiger charge is 2.09. The van der Waals surface area contributed by atoms with E-state index < -0.39 is 0 Å². The molecule has 0 unspecified atom stereocenters. The third-order valence-corrected chi connectivity index (χ3v) is 5.11. The molecule has 1 aromatic carbocycles. The van der Waals surface area contributed by atoms with E-state index in [1.54, 1.807) is 15.6 Å². The summed E-state index contributed by atoms with van der Waals surface area (Å²) >= 11 is 13.9. The first kappa shape index (κ1) is 17.0. The van der Waals surface area contributed by atoms with Crippen LogP contribution in [-0.2, 0) is 13.1 Å². The second kappa shape index (κ2) is 7.45. The van der Waals surface area contributed by atoms with E-state index >= 15 is 0 Å². The average molecular weight is 406 g/mol. The number of nitrogens with one attached hydrogen (secondary N) is 1. The minimum Gasteiger partial charge on any atom is -0.313 e. The molecule has 0 aliphatic carbocycles. The molecule has 4 rings (SSSR count). The molecule has 132 valence electrons.